The number of hydrogen-bond acceptors (Lipinski definition) is 12. The molecule has 2 aromatic carbocycles. The molecular formula is C27H23N9O6. The summed E-state index contributed by atoms with van der Waals surface area (Å²) in [6.45, 7) is -0.400. The van der Waals surface area contributed by atoms with Crippen molar-refractivity contribution in [3.05, 3.63) is 77.1 Å². The predicted molar refractivity (Wildman–Crippen MR) is 148 cm³/mol. The Morgan fingerprint density at radius 3 is 2.31 bits per heavy atom. The smallest absolute Gasteiger partial charge is 0.330 e. The fourth-order valence-electron chi connectivity index (χ4n) is 4.38. The normalized spacial score (nSPS) is 13.0. The highest BCUT2D eigenvalue weighted by Gasteiger charge is 2.38. The summed E-state index contributed by atoms with van der Waals surface area (Å²) in [6, 6.07) is 10.9. The molecule has 0 bridgehead atoms. The molecule has 1 aliphatic rings. The van der Waals surface area contributed by atoms with Crippen molar-refractivity contribution in [3.63, 3.8) is 0 Å². The maximum Gasteiger partial charge on any atom is 0.330 e. The molecule has 212 valence electrons. The summed E-state index contributed by atoms with van der Waals surface area (Å²) in [5, 5.41) is 2.51. The van der Waals surface area contributed by atoms with E-state index in [0.29, 0.717) is 17.8 Å². The Kier molecular flexibility index (Phi) is 7.38. The number of ether oxygens (including phenoxy) is 1. The number of carbonyl (C=O) groups excluding carboxylic acids is 5. The van der Waals surface area contributed by atoms with Crippen molar-refractivity contribution in [2.24, 2.45) is 0 Å². The van der Waals surface area contributed by atoms with Crippen LogP contribution in [-0.2, 0) is 20.9 Å². The molecule has 15 nitrogen and oxygen atoms in total. The van der Waals surface area contributed by atoms with Crippen LogP contribution in [0.4, 0.5) is 17.5 Å². The van der Waals surface area contributed by atoms with E-state index < -0.39 is 36.3 Å². The Labute approximate surface area is 237 Å². The van der Waals surface area contributed by atoms with Gasteiger partial charge in [0, 0.05) is 11.3 Å². The average molecular weight is 570 g/mol. The van der Waals surface area contributed by atoms with Crippen LogP contribution in [0.15, 0.2) is 54.7 Å². The first kappa shape index (κ1) is 27.6. The van der Waals surface area contributed by atoms with Gasteiger partial charge in [0.05, 0.1) is 43.2 Å². The molecule has 4 amide bonds. The number of anilines is 3. The summed E-state index contributed by atoms with van der Waals surface area (Å²) in [5.41, 5.74) is 13.3. The second kappa shape index (κ2) is 11.2. The molecule has 2 aromatic heterocycles. The molecule has 0 saturated carbocycles. The second-order valence-electron chi connectivity index (χ2n) is 9.10. The molecule has 5 N–H and O–H groups in total. The molecule has 0 radical (unpaired) electrons. The lowest BCUT2D eigenvalue weighted by atomic mass is 10.1. The number of rotatable bonds is 9. The van der Waals surface area contributed by atoms with Gasteiger partial charge in [0.2, 0.25) is 12.4 Å². The van der Waals surface area contributed by atoms with Gasteiger partial charge in [-0.15, -0.1) is 0 Å². The summed E-state index contributed by atoms with van der Waals surface area (Å²) >= 11 is 0. The molecule has 0 aliphatic carbocycles. The van der Waals surface area contributed by atoms with Crippen LogP contribution in [0.25, 0.3) is 11.2 Å². The number of carbonyl (C=O) groups is 5. The van der Waals surface area contributed by atoms with E-state index in [4.69, 9.17) is 16.2 Å². The van der Waals surface area contributed by atoms with Crippen molar-refractivity contribution in [2.45, 2.75) is 12.6 Å². The predicted octanol–water partition coefficient (Wildman–Crippen LogP) is 0.315. The third-order valence-electron chi connectivity index (χ3n) is 6.46. The third kappa shape index (κ3) is 5.25. The lowest BCUT2D eigenvalue weighted by molar-refractivity contribution is -0.143. The molecule has 3 heterocycles. The van der Waals surface area contributed by atoms with Gasteiger partial charge in [0.25, 0.3) is 17.7 Å². The molecule has 0 fully saturated rings. The zero-order chi connectivity index (χ0) is 30.0. The van der Waals surface area contributed by atoms with Crippen LogP contribution in [0, 0.1) is 0 Å². The fourth-order valence-corrected chi connectivity index (χ4v) is 4.38. The SMILES string of the molecule is COC(=O)[C@H](CN1C(=O)c2ccccc2C1=O)NC(=O)c1ccc(N(C=O)Cc2cnc3nc(N)nc(N)c3n2)cc1. The highest BCUT2D eigenvalue weighted by molar-refractivity contribution is 6.21. The molecule has 0 saturated heterocycles. The minimum Gasteiger partial charge on any atom is -0.467 e. The Bertz CT molecular complexity index is 1710. The highest BCUT2D eigenvalue weighted by atomic mass is 16.5. The van der Waals surface area contributed by atoms with E-state index in [2.05, 4.69) is 25.3 Å². The van der Waals surface area contributed by atoms with Crippen LogP contribution < -0.4 is 21.7 Å². The topological polar surface area (TPSA) is 217 Å². The monoisotopic (exact) mass is 569 g/mol. The van der Waals surface area contributed by atoms with Crippen LogP contribution in [0.5, 0.6) is 0 Å². The minimum atomic E-state index is -1.32. The minimum absolute atomic E-state index is 0.0203. The van der Waals surface area contributed by atoms with Gasteiger partial charge in [-0.05, 0) is 36.4 Å². The van der Waals surface area contributed by atoms with Crippen molar-refractivity contribution < 1.29 is 28.7 Å². The van der Waals surface area contributed by atoms with Crippen molar-refractivity contribution in [3.8, 4) is 0 Å². The maximum atomic E-state index is 13.0. The van der Waals surface area contributed by atoms with Gasteiger partial charge < -0.3 is 26.4 Å². The maximum absolute atomic E-state index is 13.0. The number of imide groups is 1. The van der Waals surface area contributed by atoms with Gasteiger partial charge >= 0.3 is 5.97 Å². The first-order valence-corrected chi connectivity index (χ1v) is 12.4. The van der Waals surface area contributed by atoms with Crippen molar-refractivity contribution in [1.29, 1.82) is 0 Å². The zero-order valence-corrected chi connectivity index (χ0v) is 22.1. The third-order valence-corrected chi connectivity index (χ3v) is 6.46. The van der Waals surface area contributed by atoms with E-state index >= 15 is 0 Å². The Morgan fingerprint density at radius 1 is 1.02 bits per heavy atom. The average Bonchev–Trinajstić information content (AvgIpc) is 3.24. The van der Waals surface area contributed by atoms with E-state index in [-0.39, 0.29) is 46.2 Å². The van der Waals surface area contributed by atoms with Crippen LogP contribution >= 0.6 is 0 Å². The number of esters is 1. The van der Waals surface area contributed by atoms with Gasteiger partial charge in [-0.1, -0.05) is 12.1 Å². The number of nitrogens with zero attached hydrogens (tertiary/aromatic N) is 6. The van der Waals surface area contributed by atoms with Gasteiger partial charge in [-0.3, -0.25) is 24.1 Å². The van der Waals surface area contributed by atoms with E-state index in [1.807, 2.05) is 0 Å². The standard InChI is InChI=1S/C27H23N9O6/c1-42-26(41)19(12-36-24(39)17-4-2-3-5-18(17)25(36)40)32-23(38)14-6-8-16(9-7-14)35(13-37)11-15-10-30-22-20(31-15)21(28)33-27(29)34-22/h2-10,13,19H,11-12H2,1H3,(H,32,38)(H4,28,29,30,33,34)/t19-/m0/s1. The molecule has 0 unspecified atom stereocenters. The fraction of sp³-hybridized carbons (Fsp3) is 0.148. The molecule has 0 spiro atoms. The summed E-state index contributed by atoms with van der Waals surface area (Å²) in [6.07, 6.45) is 2.01. The summed E-state index contributed by atoms with van der Waals surface area (Å²) in [5.74, 6) is -2.65. The summed E-state index contributed by atoms with van der Waals surface area (Å²) in [7, 11) is 1.13. The van der Waals surface area contributed by atoms with Crippen molar-refractivity contribution in [2.75, 3.05) is 30.0 Å². The quantitative estimate of drug-likeness (QED) is 0.141. The van der Waals surface area contributed by atoms with Crippen LogP contribution in [-0.4, -0.2) is 74.6 Å². The van der Waals surface area contributed by atoms with E-state index in [0.717, 1.165) is 12.0 Å². The molecule has 1 aliphatic heterocycles. The van der Waals surface area contributed by atoms with Crippen LogP contribution in [0.1, 0.15) is 36.8 Å². The van der Waals surface area contributed by atoms with Crippen molar-refractivity contribution >= 4 is 58.7 Å². The zero-order valence-electron chi connectivity index (χ0n) is 22.1. The number of fused-ring (bicyclic) bond motifs is 2. The Balaban J connectivity index is 1.28. The number of methoxy groups -OCH3 is 1. The van der Waals surface area contributed by atoms with Crippen LogP contribution in [0.2, 0.25) is 0 Å². The van der Waals surface area contributed by atoms with Gasteiger partial charge in [0.15, 0.2) is 17.0 Å². The first-order chi connectivity index (χ1) is 20.2. The van der Waals surface area contributed by atoms with E-state index in [9.17, 15) is 24.0 Å². The number of nitrogens with two attached hydrogens (primary N) is 2. The second-order valence-corrected chi connectivity index (χ2v) is 9.10. The lowest BCUT2D eigenvalue weighted by Crippen LogP contribution is -2.50. The number of nitrogens with one attached hydrogen (secondary N) is 1. The Hall–Kier alpha value is -5.99. The molecular weight excluding hydrogens is 546 g/mol. The molecule has 5 rings (SSSR count). The molecule has 42 heavy (non-hydrogen) atoms. The first-order valence-electron chi connectivity index (χ1n) is 12.4. The molecule has 15 heteroatoms. The molecule has 1 atom stereocenters. The number of amides is 4. The lowest BCUT2D eigenvalue weighted by Gasteiger charge is -2.22. The van der Waals surface area contributed by atoms with Crippen molar-refractivity contribution in [1.82, 2.24) is 30.2 Å². The number of hydrogen-bond donors (Lipinski definition) is 3. The molecule has 4 aromatic rings. The number of benzene rings is 2. The number of nitrogen functional groups attached to an aromatic ring is 2. The number of aromatic nitrogens is 4. The van der Waals surface area contributed by atoms with Crippen LogP contribution in [0.3, 0.4) is 0 Å². The largest absolute Gasteiger partial charge is 0.467 e. The van der Waals surface area contributed by atoms with E-state index in [1.165, 1.54) is 47.5 Å². The van der Waals surface area contributed by atoms with E-state index in [1.54, 1.807) is 12.1 Å². The highest BCUT2D eigenvalue weighted by Crippen LogP contribution is 2.23. The summed E-state index contributed by atoms with van der Waals surface area (Å²) < 4.78 is 4.79. The summed E-state index contributed by atoms with van der Waals surface area (Å²) in [4.78, 5) is 81.4. The van der Waals surface area contributed by atoms with Gasteiger partial charge in [-0.2, -0.15) is 9.97 Å². The Morgan fingerprint density at radius 2 is 1.69 bits per heavy atom. The van der Waals surface area contributed by atoms with Gasteiger partial charge in [0.1, 0.15) is 6.04 Å². The van der Waals surface area contributed by atoms with Gasteiger partial charge in [-0.25, -0.2) is 14.8 Å².